The number of carbonyl (C=O) groups excluding carboxylic acids is 1. The maximum absolute atomic E-state index is 13.5. The number of unbranched alkanes of at least 4 members (excludes halogenated alkanes) is 1. The number of rotatable bonds is 13. The van der Waals surface area contributed by atoms with Crippen LogP contribution in [0.2, 0.25) is 0 Å². The minimum atomic E-state index is -3.83. The lowest BCUT2D eigenvalue weighted by Crippen LogP contribution is -2.41. The smallest absolute Gasteiger partial charge is 0.267 e. The molecule has 0 saturated carbocycles. The first kappa shape index (κ1) is 31.2. The van der Waals surface area contributed by atoms with E-state index in [1.165, 1.54) is 4.31 Å². The molecule has 0 spiro atoms. The van der Waals surface area contributed by atoms with Crippen molar-refractivity contribution in [3.8, 4) is 0 Å². The van der Waals surface area contributed by atoms with Gasteiger partial charge in [-0.3, -0.25) is 9.10 Å². The molecule has 1 aliphatic rings. The number of sulfonamides is 1. The molecule has 0 saturated heterocycles. The van der Waals surface area contributed by atoms with Gasteiger partial charge in [0.15, 0.2) is 0 Å². The Morgan fingerprint density at radius 1 is 1.00 bits per heavy atom. The SMILES string of the molecule is CCCCOCCCN1C(CC(=O)Nc2ccccc2SC(C)(C)CC(C)(C)C)=Nc2ccccc2S1(=O)=O. The molecule has 7 nitrogen and oxygen atoms in total. The van der Waals surface area contributed by atoms with Gasteiger partial charge in [-0.1, -0.05) is 72.2 Å². The highest BCUT2D eigenvalue weighted by Crippen LogP contribution is 2.43. The van der Waals surface area contributed by atoms with E-state index in [2.05, 4.69) is 51.9 Å². The van der Waals surface area contributed by atoms with E-state index in [0.717, 1.165) is 24.2 Å². The maximum Gasteiger partial charge on any atom is 0.267 e. The van der Waals surface area contributed by atoms with E-state index in [0.29, 0.717) is 31.0 Å². The predicted octanol–water partition coefficient (Wildman–Crippen LogP) is 7.26. The van der Waals surface area contributed by atoms with Crippen molar-refractivity contribution in [3.05, 3.63) is 48.5 Å². The summed E-state index contributed by atoms with van der Waals surface area (Å²) in [5.41, 5.74) is 1.24. The van der Waals surface area contributed by atoms with Crippen molar-refractivity contribution in [3.63, 3.8) is 0 Å². The fourth-order valence-corrected chi connectivity index (χ4v) is 7.96. The molecule has 2 aromatic carbocycles. The topological polar surface area (TPSA) is 88.1 Å². The number of hydrogen-bond donors (Lipinski definition) is 1. The maximum atomic E-state index is 13.5. The Morgan fingerprint density at radius 3 is 2.38 bits per heavy atom. The van der Waals surface area contributed by atoms with Gasteiger partial charge in [0, 0.05) is 29.4 Å². The van der Waals surface area contributed by atoms with Crippen LogP contribution in [0.15, 0.2) is 63.3 Å². The Bertz CT molecular complexity index is 1270. The summed E-state index contributed by atoms with van der Waals surface area (Å²) in [5.74, 6) is -0.0906. The van der Waals surface area contributed by atoms with Gasteiger partial charge in [-0.05, 0) is 48.9 Å². The molecular formula is C30H43N3O4S2. The summed E-state index contributed by atoms with van der Waals surface area (Å²) < 4.78 is 33.9. The average molecular weight is 574 g/mol. The lowest BCUT2D eigenvalue weighted by Gasteiger charge is -2.32. The number of para-hydroxylation sites is 2. The van der Waals surface area contributed by atoms with Crippen LogP contribution in [0.25, 0.3) is 0 Å². The molecule has 39 heavy (non-hydrogen) atoms. The van der Waals surface area contributed by atoms with Crippen LogP contribution < -0.4 is 5.32 Å². The molecule has 0 atom stereocenters. The van der Waals surface area contributed by atoms with Gasteiger partial charge in [-0.25, -0.2) is 13.4 Å². The first-order chi connectivity index (χ1) is 18.3. The number of benzene rings is 2. The second-order valence-electron chi connectivity index (χ2n) is 11.7. The van der Waals surface area contributed by atoms with Crippen LogP contribution in [-0.2, 0) is 19.6 Å². The third-order valence-electron chi connectivity index (χ3n) is 6.08. The van der Waals surface area contributed by atoms with Crippen molar-refractivity contribution < 1.29 is 17.9 Å². The zero-order valence-corrected chi connectivity index (χ0v) is 25.8. The molecular weight excluding hydrogens is 530 g/mol. The number of aliphatic imine (C=N–C) groups is 1. The normalized spacial score (nSPS) is 15.0. The van der Waals surface area contributed by atoms with Crippen LogP contribution in [0, 0.1) is 5.41 Å². The van der Waals surface area contributed by atoms with Crippen molar-refractivity contribution in [2.45, 2.75) is 88.2 Å². The molecule has 0 fully saturated rings. The Balaban J connectivity index is 1.78. The van der Waals surface area contributed by atoms with Crippen molar-refractivity contribution in [1.82, 2.24) is 4.31 Å². The zero-order valence-electron chi connectivity index (χ0n) is 24.1. The molecule has 1 amide bonds. The van der Waals surface area contributed by atoms with E-state index in [1.807, 2.05) is 24.3 Å². The van der Waals surface area contributed by atoms with Crippen molar-refractivity contribution in [1.29, 1.82) is 0 Å². The highest BCUT2D eigenvalue weighted by molar-refractivity contribution is 8.00. The second kappa shape index (κ2) is 13.3. The summed E-state index contributed by atoms with van der Waals surface area (Å²) in [6.07, 6.45) is 3.36. The van der Waals surface area contributed by atoms with Crippen LogP contribution in [0.4, 0.5) is 11.4 Å². The quantitative estimate of drug-likeness (QED) is 0.201. The van der Waals surface area contributed by atoms with E-state index in [9.17, 15) is 13.2 Å². The summed E-state index contributed by atoms with van der Waals surface area (Å²) >= 11 is 1.73. The Labute approximate surface area is 238 Å². The first-order valence-corrected chi connectivity index (χ1v) is 15.9. The van der Waals surface area contributed by atoms with Gasteiger partial charge >= 0.3 is 0 Å². The lowest BCUT2D eigenvalue weighted by molar-refractivity contribution is -0.115. The highest BCUT2D eigenvalue weighted by Gasteiger charge is 2.34. The molecule has 0 unspecified atom stereocenters. The third kappa shape index (κ3) is 9.08. The van der Waals surface area contributed by atoms with E-state index in [-0.39, 0.29) is 39.8 Å². The number of nitrogens with zero attached hydrogens (tertiary/aromatic N) is 2. The Morgan fingerprint density at radius 2 is 1.67 bits per heavy atom. The van der Waals surface area contributed by atoms with Crippen LogP contribution in [0.3, 0.4) is 0 Å². The van der Waals surface area contributed by atoms with Crippen molar-refractivity contribution in [2.75, 3.05) is 25.1 Å². The van der Waals surface area contributed by atoms with Gasteiger partial charge < -0.3 is 10.1 Å². The summed E-state index contributed by atoms with van der Waals surface area (Å²) in [6, 6.07) is 14.4. The number of thioether (sulfide) groups is 1. The highest BCUT2D eigenvalue weighted by atomic mass is 32.2. The predicted molar refractivity (Wildman–Crippen MR) is 161 cm³/mol. The van der Waals surface area contributed by atoms with Crippen LogP contribution in [-0.4, -0.2) is 49.0 Å². The number of ether oxygens (including phenoxy) is 1. The fraction of sp³-hybridized carbons (Fsp3) is 0.533. The molecule has 214 valence electrons. The van der Waals surface area contributed by atoms with E-state index in [1.54, 1.807) is 36.0 Å². The zero-order chi connectivity index (χ0) is 28.7. The van der Waals surface area contributed by atoms with Gasteiger partial charge in [-0.15, -0.1) is 11.8 Å². The number of hydrogen-bond acceptors (Lipinski definition) is 6. The van der Waals surface area contributed by atoms with Gasteiger partial charge in [-0.2, -0.15) is 0 Å². The number of amidine groups is 1. The molecule has 0 radical (unpaired) electrons. The summed E-state index contributed by atoms with van der Waals surface area (Å²) in [5, 5.41) is 3.02. The van der Waals surface area contributed by atoms with Crippen LogP contribution in [0.5, 0.6) is 0 Å². The minimum absolute atomic E-state index is 0.0413. The van der Waals surface area contributed by atoms with Crippen molar-refractivity contribution >= 4 is 44.9 Å². The summed E-state index contributed by atoms with van der Waals surface area (Å²) in [4.78, 5) is 19.0. The number of anilines is 1. The number of nitrogens with one attached hydrogen (secondary N) is 1. The molecule has 1 N–H and O–H groups in total. The lowest BCUT2D eigenvalue weighted by atomic mass is 9.86. The van der Waals surface area contributed by atoms with E-state index < -0.39 is 10.0 Å². The van der Waals surface area contributed by atoms with Gasteiger partial charge in [0.05, 0.1) is 17.8 Å². The number of fused-ring (bicyclic) bond motifs is 1. The molecule has 0 aliphatic carbocycles. The minimum Gasteiger partial charge on any atom is -0.381 e. The first-order valence-electron chi connectivity index (χ1n) is 13.7. The Hall–Kier alpha value is -2.36. The van der Waals surface area contributed by atoms with E-state index in [4.69, 9.17) is 4.74 Å². The standard InChI is InChI=1S/C30H43N3O4S2/c1-7-8-19-37-20-13-18-33-27(31-24-15-10-12-17-26(24)39(33,35)36)21-28(34)32-23-14-9-11-16-25(23)38-30(5,6)22-29(2,3)4/h9-12,14-17H,7-8,13,18-22H2,1-6H3,(H,32,34). The van der Waals surface area contributed by atoms with Crippen LogP contribution >= 0.6 is 11.8 Å². The molecule has 1 heterocycles. The van der Waals surface area contributed by atoms with Gasteiger partial charge in [0.2, 0.25) is 5.91 Å². The fourth-order valence-electron chi connectivity index (χ4n) is 4.86. The largest absolute Gasteiger partial charge is 0.381 e. The molecule has 2 aromatic rings. The monoisotopic (exact) mass is 573 g/mol. The van der Waals surface area contributed by atoms with Crippen LogP contribution in [0.1, 0.15) is 73.6 Å². The molecule has 0 aromatic heterocycles. The van der Waals surface area contributed by atoms with E-state index >= 15 is 0 Å². The summed E-state index contributed by atoms with van der Waals surface area (Å²) in [6.45, 7) is 14.5. The van der Waals surface area contributed by atoms with Gasteiger partial charge in [0.25, 0.3) is 10.0 Å². The molecule has 1 aliphatic heterocycles. The second-order valence-corrected chi connectivity index (χ2v) is 15.3. The number of amides is 1. The molecule has 3 rings (SSSR count). The molecule has 0 bridgehead atoms. The Kier molecular flexibility index (Phi) is 10.7. The third-order valence-corrected chi connectivity index (χ3v) is 9.23. The number of carbonyl (C=O) groups is 1. The van der Waals surface area contributed by atoms with Crippen molar-refractivity contribution in [2.24, 2.45) is 10.4 Å². The van der Waals surface area contributed by atoms with Gasteiger partial charge in [0.1, 0.15) is 10.7 Å². The average Bonchev–Trinajstić information content (AvgIpc) is 2.82. The summed E-state index contributed by atoms with van der Waals surface area (Å²) in [7, 11) is -3.83. The molecule has 9 heteroatoms.